The zero-order valence-corrected chi connectivity index (χ0v) is 18.1. The van der Waals surface area contributed by atoms with E-state index in [1.165, 1.54) is 42.5 Å². The summed E-state index contributed by atoms with van der Waals surface area (Å²) in [5.74, 6) is -0.915. The molecule has 0 amide bonds. The van der Waals surface area contributed by atoms with Gasteiger partial charge in [-0.25, -0.2) is 0 Å². The van der Waals surface area contributed by atoms with E-state index < -0.39 is 20.6 Å². The molecular weight excluding hydrogens is 482 g/mol. The van der Waals surface area contributed by atoms with Crippen LogP contribution in [0.5, 0.6) is 11.5 Å². The van der Waals surface area contributed by atoms with Crippen molar-refractivity contribution < 1.29 is 23.2 Å². The third-order valence-corrected chi connectivity index (χ3v) is 7.29. The van der Waals surface area contributed by atoms with Crippen LogP contribution < -0.4 is 0 Å². The zero-order chi connectivity index (χ0) is 21.6. The van der Waals surface area contributed by atoms with Crippen LogP contribution in [0, 0.1) is 0 Å². The molecule has 0 fully saturated rings. The molecule has 0 aromatic heterocycles. The molecule has 3 N–H and O–H groups in total. The standard InChI is InChI=1S/C19H12Cl4O5S/c20-14-4-2-1-3-11(14)19(29(26,27)28,12-6-5-10(24)9-16(12)22)13-7-8-15(21)17(23)18(13)25/h1-9,24-25H,(H,26,27,28). The lowest BCUT2D eigenvalue weighted by atomic mass is 9.83. The monoisotopic (exact) mass is 492 g/mol. The quantitative estimate of drug-likeness (QED) is 0.311. The Balaban J connectivity index is 2.63. The molecule has 3 rings (SSSR count). The summed E-state index contributed by atoms with van der Waals surface area (Å²) >= 11 is 24.6. The minimum absolute atomic E-state index is 0.0280. The van der Waals surface area contributed by atoms with Gasteiger partial charge in [-0.1, -0.05) is 76.7 Å². The Hall–Kier alpha value is -1.67. The van der Waals surface area contributed by atoms with Crippen LogP contribution in [-0.4, -0.2) is 23.2 Å². The van der Waals surface area contributed by atoms with E-state index in [4.69, 9.17) is 46.4 Å². The number of aromatic hydroxyl groups is 2. The lowest BCUT2D eigenvalue weighted by Crippen LogP contribution is -2.39. The van der Waals surface area contributed by atoms with Gasteiger partial charge in [-0.15, -0.1) is 0 Å². The highest BCUT2D eigenvalue weighted by Gasteiger charge is 2.52. The average molecular weight is 494 g/mol. The minimum Gasteiger partial charge on any atom is -0.508 e. The van der Waals surface area contributed by atoms with Crippen molar-refractivity contribution in [2.24, 2.45) is 0 Å². The number of hydrogen-bond donors (Lipinski definition) is 3. The smallest absolute Gasteiger partial charge is 0.283 e. The maximum atomic E-state index is 13.0. The molecule has 0 aliphatic carbocycles. The number of benzene rings is 3. The Labute approximate surface area is 186 Å². The molecule has 3 aromatic rings. The van der Waals surface area contributed by atoms with Gasteiger partial charge in [-0.05, 0) is 24.3 Å². The molecule has 0 radical (unpaired) electrons. The fraction of sp³-hybridized carbons (Fsp3) is 0.0526. The highest BCUT2D eigenvalue weighted by molar-refractivity contribution is 7.87. The second kappa shape index (κ2) is 7.87. The van der Waals surface area contributed by atoms with Gasteiger partial charge >= 0.3 is 0 Å². The van der Waals surface area contributed by atoms with Gasteiger partial charge in [0.2, 0.25) is 0 Å². The fourth-order valence-electron chi connectivity index (χ4n) is 3.21. The predicted molar refractivity (Wildman–Crippen MR) is 114 cm³/mol. The summed E-state index contributed by atoms with van der Waals surface area (Å²) in [6.45, 7) is 0. The van der Waals surface area contributed by atoms with E-state index in [-0.39, 0.29) is 42.5 Å². The first-order valence-corrected chi connectivity index (χ1v) is 10.9. The first-order chi connectivity index (χ1) is 13.5. The Morgan fingerprint density at radius 3 is 1.90 bits per heavy atom. The molecule has 0 saturated carbocycles. The average Bonchev–Trinajstić information content (AvgIpc) is 2.63. The lowest BCUT2D eigenvalue weighted by molar-refractivity contribution is 0.440. The summed E-state index contributed by atoms with van der Waals surface area (Å²) in [6.07, 6.45) is 0. The van der Waals surface area contributed by atoms with Crippen LogP contribution in [0.2, 0.25) is 20.1 Å². The summed E-state index contributed by atoms with van der Waals surface area (Å²) < 4.78 is 34.0. The normalized spacial score (nSPS) is 13.8. The molecule has 1 unspecified atom stereocenters. The van der Waals surface area contributed by atoms with Gasteiger partial charge < -0.3 is 10.2 Å². The topological polar surface area (TPSA) is 94.8 Å². The summed E-state index contributed by atoms with van der Waals surface area (Å²) in [6, 6.07) is 11.8. The molecule has 5 nitrogen and oxygen atoms in total. The van der Waals surface area contributed by atoms with Gasteiger partial charge in [0.1, 0.15) is 16.5 Å². The second-order valence-corrected chi connectivity index (χ2v) is 9.22. The molecule has 0 heterocycles. The number of hydrogen-bond acceptors (Lipinski definition) is 4. The van der Waals surface area contributed by atoms with Gasteiger partial charge in [0.15, 0.2) is 4.75 Å². The Morgan fingerprint density at radius 2 is 1.31 bits per heavy atom. The van der Waals surface area contributed by atoms with Crippen LogP contribution in [0.3, 0.4) is 0 Å². The summed E-state index contributed by atoms with van der Waals surface area (Å²) in [7, 11) is -5.11. The van der Waals surface area contributed by atoms with Gasteiger partial charge in [0.25, 0.3) is 10.1 Å². The molecule has 0 saturated heterocycles. The summed E-state index contributed by atoms with van der Waals surface area (Å²) in [5.41, 5.74) is -0.582. The SMILES string of the molecule is O=S(=O)(O)C(c1ccccc1Cl)(c1ccc(O)cc1Cl)c1ccc(Cl)c(Cl)c1O. The van der Waals surface area contributed by atoms with Crippen molar-refractivity contribution in [3.8, 4) is 11.5 Å². The number of halogens is 4. The molecule has 1 atom stereocenters. The molecule has 10 heteroatoms. The van der Waals surface area contributed by atoms with Crippen molar-refractivity contribution in [2.45, 2.75) is 4.75 Å². The number of phenolic OH excluding ortho intramolecular Hbond substituents is 2. The van der Waals surface area contributed by atoms with Gasteiger partial charge in [-0.2, -0.15) is 8.42 Å². The molecule has 29 heavy (non-hydrogen) atoms. The van der Waals surface area contributed by atoms with E-state index in [0.717, 1.165) is 6.07 Å². The highest BCUT2D eigenvalue weighted by Crippen LogP contribution is 2.53. The fourth-order valence-corrected chi connectivity index (χ4v) is 5.59. The third kappa shape index (κ3) is 3.54. The summed E-state index contributed by atoms with van der Waals surface area (Å²) in [5, 5.41) is 19.9. The molecule has 0 aliphatic heterocycles. The molecule has 3 aromatic carbocycles. The molecule has 152 valence electrons. The van der Waals surface area contributed by atoms with Crippen molar-refractivity contribution in [2.75, 3.05) is 0 Å². The van der Waals surface area contributed by atoms with Crippen LogP contribution in [0.25, 0.3) is 0 Å². The van der Waals surface area contributed by atoms with E-state index in [1.54, 1.807) is 6.07 Å². The Morgan fingerprint density at radius 1 is 0.724 bits per heavy atom. The first-order valence-electron chi connectivity index (χ1n) is 7.90. The van der Waals surface area contributed by atoms with Gasteiger partial charge in [-0.3, -0.25) is 4.55 Å². The van der Waals surface area contributed by atoms with Crippen LogP contribution in [0.1, 0.15) is 16.7 Å². The van der Waals surface area contributed by atoms with Crippen LogP contribution in [-0.2, 0) is 14.9 Å². The van der Waals surface area contributed by atoms with Gasteiger partial charge in [0, 0.05) is 26.7 Å². The third-order valence-electron chi connectivity index (χ3n) is 4.42. The second-order valence-electron chi connectivity index (χ2n) is 6.06. The largest absolute Gasteiger partial charge is 0.508 e. The molecule has 0 aliphatic rings. The molecule has 0 spiro atoms. The predicted octanol–water partition coefficient (Wildman–Crippen LogP) is 5.89. The van der Waals surface area contributed by atoms with E-state index in [9.17, 15) is 23.2 Å². The minimum atomic E-state index is -5.11. The van der Waals surface area contributed by atoms with E-state index in [0.29, 0.717) is 0 Å². The van der Waals surface area contributed by atoms with Crippen molar-refractivity contribution >= 4 is 56.5 Å². The zero-order valence-electron chi connectivity index (χ0n) is 14.3. The molecule has 0 bridgehead atoms. The van der Waals surface area contributed by atoms with Crippen LogP contribution in [0.4, 0.5) is 0 Å². The van der Waals surface area contributed by atoms with Crippen LogP contribution in [0.15, 0.2) is 54.6 Å². The number of phenols is 2. The van der Waals surface area contributed by atoms with Gasteiger partial charge in [0.05, 0.1) is 5.02 Å². The Kier molecular flexibility index (Phi) is 5.98. The van der Waals surface area contributed by atoms with E-state index >= 15 is 0 Å². The maximum Gasteiger partial charge on any atom is 0.283 e. The van der Waals surface area contributed by atoms with E-state index in [1.807, 2.05) is 0 Å². The van der Waals surface area contributed by atoms with Crippen molar-refractivity contribution in [1.29, 1.82) is 0 Å². The summed E-state index contributed by atoms with van der Waals surface area (Å²) in [4.78, 5) is 0. The first kappa shape index (κ1) is 22.0. The van der Waals surface area contributed by atoms with Crippen molar-refractivity contribution in [1.82, 2.24) is 0 Å². The highest BCUT2D eigenvalue weighted by atomic mass is 35.5. The maximum absolute atomic E-state index is 13.0. The van der Waals surface area contributed by atoms with E-state index in [2.05, 4.69) is 0 Å². The number of rotatable bonds is 4. The van der Waals surface area contributed by atoms with Crippen molar-refractivity contribution in [3.05, 3.63) is 91.4 Å². The van der Waals surface area contributed by atoms with Crippen LogP contribution >= 0.6 is 46.4 Å². The Bertz CT molecular complexity index is 1210. The lowest BCUT2D eigenvalue weighted by Gasteiger charge is -2.34. The molecular formula is C19H12Cl4O5S. The van der Waals surface area contributed by atoms with Crippen molar-refractivity contribution in [3.63, 3.8) is 0 Å².